The van der Waals surface area contributed by atoms with Gasteiger partial charge >= 0.3 is 5.97 Å². The number of ether oxygens (including phenoxy) is 1. The molecule has 0 spiro atoms. The lowest BCUT2D eigenvalue weighted by molar-refractivity contribution is 0.0470. The van der Waals surface area contributed by atoms with E-state index in [0.29, 0.717) is 22.5 Å². The van der Waals surface area contributed by atoms with Gasteiger partial charge in [0.1, 0.15) is 18.4 Å². The molecule has 2 N–H and O–H groups in total. The van der Waals surface area contributed by atoms with E-state index in [0.717, 1.165) is 0 Å². The van der Waals surface area contributed by atoms with Gasteiger partial charge in [0.15, 0.2) is 0 Å². The van der Waals surface area contributed by atoms with Crippen molar-refractivity contribution in [2.45, 2.75) is 13.5 Å². The summed E-state index contributed by atoms with van der Waals surface area (Å²) in [6.45, 7) is 1.67. The minimum absolute atomic E-state index is 0.0240. The molecule has 2 aromatic rings. The van der Waals surface area contributed by atoms with E-state index in [1.165, 1.54) is 18.5 Å². The molecule has 0 unspecified atom stereocenters. The van der Waals surface area contributed by atoms with Crippen molar-refractivity contribution in [3.8, 4) is 6.07 Å². The molecule has 6 heteroatoms. The third kappa shape index (κ3) is 2.90. The number of anilines is 1. The van der Waals surface area contributed by atoms with E-state index in [1.54, 1.807) is 19.1 Å². The number of aromatic nitrogens is 2. The van der Waals surface area contributed by atoms with Crippen LogP contribution in [0.2, 0.25) is 0 Å². The van der Waals surface area contributed by atoms with Gasteiger partial charge in [0.05, 0.1) is 23.1 Å². The standard InChI is InChI=1S/C14H12N4O2/c1-9-12(5-11(16)7-18-9)14(19)20-8-10-3-2-4-17-13(10)6-15/h2-5,7H,8,16H2,1H3. The summed E-state index contributed by atoms with van der Waals surface area (Å²) < 4.78 is 5.17. The summed E-state index contributed by atoms with van der Waals surface area (Å²) in [6, 6.07) is 6.82. The minimum atomic E-state index is -0.532. The van der Waals surface area contributed by atoms with Crippen molar-refractivity contribution >= 4 is 11.7 Å². The van der Waals surface area contributed by atoms with Crippen LogP contribution < -0.4 is 5.73 Å². The Morgan fingerprint density at radius 3 is 3.05 bits per heavy atom. The van der Waals surface area contributed by atoms with Crippen LogP contribution in [0.4, 0.5) is 5.69 Å². The molecule has 0 atom stereocenters. The van der Waals surface area contributed by atoms with Crippen molar-refractivity contribution in [2.24, 2.45) is 0 Å². The average Bonchev–Trinajstić information content (AvgIpc) is 2.47. The molecule has 0 aliphatic carbocycles. The summed E-state index contributed by atoms with van der Waals surface area (Å²) in [5, 5.41) is 8.90. The van der Waals surface area contributed by atoms with Crippen LogP contribution in [0.15, 0.2) is 30.6 Å². The molecule has 0 aliphatic heterocycles. The topological polar surface area (TPSA) is 102 Å². The lowest BCUT2D eigenvalue weighted by Gasteiger charge is -2.08. The first-order valence-electron chi connectivity index (χ1n) is 5.85. The van der Waals surface area contributed by atoms with Crippen LogP contribution >= 0.6 is 0 Å². The second-order valence-electron chi connectivity index (χ2n) is 4.10. The van der Waals surface area contributed by atoms with Crippen LogP contribution in [0, 0.1) is 18.3 Å². The summed E-state index contributed by atoms with van der Waals surface area (Å²) in [5.74, 6) is -0.532. The van der Waals surface area contributed by atoms with Gasteiger partial charge in [-0.05, 0) is 19.1 Å². The van der Waals surface area contributed by atoms with E-state index in [9.17, 15) is 4.79 Å². The third-order valence-electron chi connectivity index (χ3n) is 2.68. The van der Waals surface area contributed by atoms with Gasteiger partial charge in [-0.15, -0.1) is 0 Å². The van der Waals surface area contributed by atoms with Crippen LogP contribution in [0.5, 0.6) is 0 Å². The van der Waals surface area contributed by atoms with E-state index in [-0.39, 0.29) is 12.3 Å². The summed E-state index contributed by atoms with van der Waals surface area (Å²) in [5.41, 5.74) is 7.63. The number of nitriles is 1. The van der Waals surface area contributed by atoms with E-state index in [4.69, 9.17) is 15.7 Å². The fourth-order valence-corrected chi connectivity index (χ4v) is 1.63. The number of aryl methyl sites for hydroxylation is 1. The Bertz CT molecular complexity index is 692. The molecule has 0 amide bonds. The summed E-state index contributed by atoms with van der Waals surface area (Å²) in [4.78, 5) is 19.9. The molecule has 6 nitrogen and oxygen atoms in total. The lowest BCUT2D eigenvalue weighted by Crippen LogP contribution is -2.09. The quantitative estimate of drug-likeness (QED) is 0.848. The minimum Gasteiger partial charge on any atom is -0.457 e. The lowest BCUT2D eigenvalue weighted by atomic mass is 10.2. The van der Waals surface area contributed by atoms with Crippen LogP contribution in [-0.4, -0.2) is 15.9 Å². The summed E-state index contributed by atoms with van der Waals surface area (Å²) in [6.07, 6.45) is 2.98. The first-order chi connectivity index (χ1) is 9.61. The summed E-state index contributed by atoms with van der Waals surface area (Å²) >= 11 is 0. The number of nitrogens with two attached hydrogens (primary N) is 1. The van der Waals surface area contributed by atoms with Crippen LogP contribution in [-0.2, 0) is 11.3 Å². The molecule has 2 heterocycles. The Balaban J connectivity index is 2.13. The third-order valence-corrected chi connectivity index (χ3v) is 2.68. The van der Waals surface area contributed by atoms with Gasteiger partial charge in [0, 0.05) is 11.8 Å². The second kappa shape index (κ2) is 5.80. The number of esters is 1. The Labute approximate surface area is 115 Å². The molecule has 0 fully saturated rings. The maximum absolute atomic E-state index is 12.0. The highest BCUT2D eigenvalue weighted by molar-refractivity contribution is 5.91. The molecule has 0 aromatic carbocycles. The zero-order valence-electron chi connectivity index (χ0n) is 10.8. The largest absolute Gasteiger partial charge is 0.457 e. The maximum atomic E-state index is 12.0. The number of carbonyl (C=O) groups is 1. The molecule has 20 heavy (non-hydrogen) atoms. The van der Waals surface area contributed by atoms with Gasteiger partial charge in [0.2, 0.25) is 0 Å². The van der Waals surface area contributed by atoms with Crippen molar-refractivity contribution in [1.29, 1.82) is 5.26 Å². The zero-order valence-corrected chi connectivity index (χ0v) is 10.8. The van der Waals surface area contributed by atoms with Crippen molar-refractivity contribution in [3.63, 3.8) is 0 Å². The maximum Gasteiger partial charge on any atom is 0.340 e. The number of pyridine rings is 2. The highest BCUT2D eigenvalue weighted by Crippen LogP contribution is 2.13. The first kappa shape index (κ1) is 13.5. The number of hydrogen-bond acceptors (Lipinski definition) is 6. The zero-order chi connectivity index (χ0) is 14.5. The molecule has 0 saturated heterocycles. The van der Waals surface area contributed by atoms with E-state index in [1.807, 2.05) is 6.07 Å². The van der Waals surface area contributed by atoms with Gasteiger partial charge in [-0.1, -0.05) is 6.07 Å². The molecule has 100 valence electrons. The molecular formula is C14H12N4O2. The Hall–Kier alpha value is -2.94. The van der Waals surface area contributed by atoms with Crippen molar-refractivity contribution in [2.75, 3.05) is 5.73 Å². The van der Waals surface area contributed by atoms with Crippen LogP contribution in [0.3, 0.4) is 0 Å². The van der Waals surface area contributed by atoms with Crippen LogP contribution in [0.25, 0.3) is 0 Å². The molecule has 0 saturated carbocycles. The highest BCUT2D eigenvalue weighted by atomic mass is 16.5. The fourth-order valence-electron chi connectivity index (χ4n) is 1.63. The fraction of sp³-hybridized carbons (Fsp3) is 0.143. The average molecular weight is 268 g/mol. The molecule has 2 rings (SSSR count). The molecule has 2 aromatic heterocycles. The smallest absolute Gasteiger partial charge is 0.340 e. The van der Waals surface area contributed by atoms with Gasteiger partial charge in [-0.25, -0.2) is 9.78 Å². The van der Waals surface area contributed by atoms with Crippen molar-refractivity contribution in [1.82, 2.24) is 9.97 Å². The predicted molar refractivity (Wildman–Crippen MR) is 71.5 cm³/mol. The summed E-state index contributed by atoms with van der Waals surface area (Å²) in [7, 11) is 0. The SMILES string of the molecule is Cc1ncc(N)cc1C(=O)OCc1cccnc1C#N. The van der Waals surface area contributed by atoms with Gasteiger partial charge in [-0.3, -0.25) is 4.98 Å². The number of nitrogen functional groups attached to an aromatic ring is 1. The Morgan fingerprint density at radius 1 is 1.50 bits per heavy atom. The van der Waals surface area contributed by atoms with Gasteiger partial charge in [0.25, 0.3) is 0 Å². The Morgan fingerprint density at radius 2 is 2.30 bits per heavy atom. The highest BCUT2D eigenvalue weighted by Gasteiger charge is 2.13. The van der Waals surface area contributed by atoms with Crippen molar-refractivity contribution < 1.29 is 9.53 Å². The first-order valence-corrected chi connectivity index (χ1v) is 5.85. The normalized spacial score (nSPS) is 9.80. The van der Waals surface area contributed by atoms with Crippen molar-refractivity contribution in [3.05, 3.63) is 53.1 Å². The van der Waals surface area contributed by atoms with E-state index < -0.39 is 5.97 Å². The molecular weight excluding hydrogens is 256 g/mol. The van der Waals surface area contributed by atoms with Gasteiger partial charge in [-0.2, -0.15) is 5.26 Å². The second-order valence-corrected chi connectivity index (χ2v) is 4.10. The number of nitrogens with zero attached hydrogens (tertiary/aromatic N) is 3. The number of hydrogen-bond donors (Lipinski definition) is 1. The monoisotopic (exact) mass is 268 g/mol. The molecule has 0 bridgehead atoms. The Kier molecular flexibility index (Phi) is 3.91. The molecule has 0 aliphatic rings. The number of rotatable bonds is 3. The number of carbonyl (C=O) groups excluding carboxylic acids is 1. The van der Waals surface area contributed by atoms with Gasteiger partial charge < -0.3 is 10.5 Å². The predicted octanol–water partition coefficient (Wildman–Crippen LogP) is 1.60. The molecule has 0 radical (unpaired) electrons. The van der Waals surface area contributed by atoms with E-state index >= 15 is 0 Å². The van der Waals surface area contributed by atoms with Crippen LogP contribution in [0.1, 0.15) is 27.3 Å². The van der Waals surface area contributed by atoms with E-state index in [2.05, 4.69) is 9.97 Å².